The lowest BCUT2D eigenvalue weighted by atomic mass is 10.2. The van der Waals surface area contributed by atoms with E-state index in [2.05, 4.69) is 5.32 Å². The van der Waals surface area contributed by atoms with Crippen LogP contribution in [0.2, 0.25) is 5.02 Å². The molecule has 2 N–H and O–H groups in total. The summed E-state index contributed by atoms with van der Waals surface area (Å²) in [5, 5.41) is 4.01. The van der Waals surface area contributed by atoms with Gasteiger partial charge in [0.05, 0.1) is 0 Å². The molecule has 0 spiro atoms. The maximum atomic E-state index is 11.8. The van der Waals surface area contributed by atoms with E-state index in [9.17, 15) is 9.46 Å². The molecule has 1 aromatic carbocycles. The standard InChI is InChI=1S/C14H23ClNO2P/c1-2-3-10-19(17,18)11-4-9-16-12-13-5-7-14(15)8-6-13/h5-8,16H,2-4,9-12H2,1H3,(H,17,18). The molecular formula is C14H23ClNO2P. The van der Waals surface area contributed by atoms with Crippen molar-refractivity contribution in [2.45, 2.75) is 32.7 Å². The van der Waals surface area contributed by atoms with Crippen LogP contribution in [0.1, 0.15) is 31.7 Å². The molecule has 0 radical (unpaired) electrons. The second kappa shape index (κ2) is 8.76. The predicted molar refractivity (Wildman–Crippen MR) is 82.2 cm³/mol. The van der Waals surface area contributed by atoms with E-state index in [4.69, 9.17) is 11.6 Å². The van der Waals surface area contributed by atoms with Gasteiger partial charge < -0.3 is 10.2 Å². The van der Waals surface area contributed by atoms with Gasteiger partial charge in [-0.25, -0.2) is 0 Å². The molecule has 1 aromatic rings. The zero-order chi connectivity index (χ0) is 14.1. The van der Waals surface area contributed by atoms with Crippen LogP contribution in [0, 0.1) is 0 Å². The molecule has 0 saturated carbocycles. The van der Waals surface area contributed by atoms with Gasteiger partial charge in [-0.15, -0.1) is 0 Å². The summed E-state index contributed by atoms with van der Waals surface area (Å²) in [6.07, 6.45) is 3.43. The van der Waals surface area contributed by atoms with Crippen LogP contribution in [0.15, 0.2) is 24.3 Å². The molecule has 0 aromatic heterocycles. The van der Waals surface area contributed by atoms with Crippen molar-refractivity contribution in [3.05, 3.63) is 34.9 Å². The quantitative estimate of drug-likeness (QED) is 0.537. The summed E-state index contributed by atoms with van der Waals surface area (Å²) in [4.78, 5) is 9.71. The minimum absolute atomic E-state index is 0.417. The van der Waals surface area contributed by atoms with Gasteiger partial charge in [-0.1, -0.05) is 37.1 Å². The van der Waals surface area contributed by atoms with E-state index < -0.39 is 7.37 Å². The molecule has 0 saturated heterocycles. The Balaban J connectivity index is 2.14. The fraction of sp³-hybridized carbons (Fsp3) is 0.571. The Labute approximate surface area is 120 Å². The summed E-state index contributed by atoms with van der Waals surface area (Å²) < 4.78 is 11.8. The first-order chi connectivity index (χ1) is 9.03. The van der Waals surface area contributed by atoms with E-state index >= 15 is 0 Å². The highest BCUT2D eigenvalue weighted by Crippen LogP contribution is 2.41. The van der Waals surface area contributed by atoms with E-state index in [-0.39, 0.29) is 0 Å². The predicted octanol–water partition coefficient (Wildman–Crippen LogP) is 3.89. The number of hydrogen-bond donors (Lipinski definition) is 2. The molecule has 0 aliphatic carbocycles. The van der Waals surface area contributed by atoms with Gasteiger partial charge in [0.15, 0.2) is 0 Å². The van der Waals surface area contributed by atoms with Gasteiger partial charge in [-0.3, -0.25) is 4.57 Å². The average Bonchev–Trinajstić information content (AvgIpc) is 2.38. The van der Waals surface area contributed by atoms with Crippen LogP contribution < -0.4 is 5.32 Å². The Morgan fingerprint density at radius 3 is 2.47 bits per heavy atom. The third kappa shape index (κ3) is 7.74. The Morgan fingerprint density at radius 2 is 1.84 bits per heavy atom. The highest BCUT2D eigenvalue weighted by molar-refractivity contribution is 7.57. The third-order valence-electron chi connectivity index (χ3n) is 2.96. The Hall–Kier alpha value is -0.340. The first-order valence-corrected chi connectivity index (χ1v) is 9.20. The summed E-state index contributed by atoms with van der Waals surface area (Å²) in [5.41, 5.74) is 1.17. The molecule has 0 bridgehead atoms. The van der Waals surface area contributed by atoms with Crippen LogP contribution in [-0.4, -0.2) is 23.8 Å². The molecule has 0 amide bonds. The molecule has 0 aliphatic rings. The van der Waals surface area contributed by atoms with Gasteiger partial charge in [0.1, 0.15) is 0 Å². The van der Waals surface area contributed by atoms with Crippen LogP contribution in [0.3, 0.4) is 0 Å². The van der Waals surface area contributed by atoms with Crippen molar-refractivity contribution in [2.24, 2.45) is 0 Å². The van der Waals surface area contributed by atoms with E-state index in [0.717, 1.165) is 37.4 Å². The SMILES string of the molecule is CCCCP(=O)(O)CCCNCc1ccc(Cl)cc1. The number of nitrogens with one attached hydrogen (secondary N) is 1. The van der Waals surface area contributed by atoms with Crippen molar-refractivity contribution in [1.29, 1.82) is 0 Å². The van der Waals surface area contributed by atoms with Crippen molar-refractivity contribution >= 4 is 19.0 Å². The molecule has 1 atom stereocenters. The molecular weight excluding hydrogens is 281 g/mol. The molecule has 0 aliphatic heterocycles. The first kappa shape index (κ1) is 16.7. The molecule has 5 heteroatoms. The lowest BCUT2D eigenvalue weighted by molar-refractivity contribution is 0.472. The smallest absolute Gasteiger partial charge is 0.200 e. The first-order valence-electron chi connectivity index (χ1n) is 6.79. The summed E-state index contributed by atoms with van der Waals surface area (Å²) in [7, 11) is -2.89. The Kier molecular flexibility index (Phi) is 7.70. The van der Waals surface area contributed by atoms with Gasteiger partial charge in [0.2, 0.25) is 7.37 Å². The minimum Gasteiger partial charge on any atom is -0.344 e. The zero-order valence-corrected chi connectivity index (χ0v) is 13.1. The highest BCUT2D eigenvalue weighted by atomic mass is 35.5. The van der Waals surface area contributed by atoms with E-state index in [1.54, 1.807) is 0 Å². The number of hydrogen-bond acceptors (Lipinski definition) is 2. The lowest BCUT2D eigenvalue weighted by Gasteiger charge is -2.11. The van der Waals surface area contributed by atoms with Gasteiger partial charge in [0, 0.05) is 23.9 Å². The zero-order valence-electron chi connectivity index (χ0n) is 11.4. The normalized spacial score (nSPS) is 14.3. The van der Waals surface area contributed by atoms with Crippen LogP contribution in [0.4, 0.5) is 0 Å². The Morgan fingerprint density at radius 1 is 1.21 bits per heavy atom. The largest absolute Gasteiger partial charge is 0.344 e. The van der Waals surface area contributed by atoms with Crippen molar-refractivity contribution in [3.63, 3.8) is 0 Å². The van der Waals surface area contributed by atoms with Gasteiger partial charge in [-0.2, -0.15) is 0 Å². The highest BCUT2D eigenvalue weighted by Gasteiger charge is 2.15. The van der Waals surface area contributed by atoms with Crippen molar-refractivity contribution in [2.75, 3.05) is 18.9 Å². The van der Waals surface area contributed by atoms with Gasteiger partial charge in [0.25, 0.3) is 0 Å². The minimum atomic E-state index is -2.89. The van der Waals surface area contributed by atoms with Gasteiger partial charge >= 0.3 is 0 Å². The second-order valence-electron chi connectivity index (χ2n) is 4.80. The molecule has 3 nitrogen and oxygen atoms in total. The maximum Gasteiger partial charge on any atom is 0.200 e. The summed E-state index contributed by atoms with van der Waals surface area (Å²) >= 11 is 5.81. The number of halogens is 1. The van der Waals surface area contributed by atoms with Crippen LogP contribution in [-0.2, 0) is 11.1 Å². The van der Waals surface area contributed by atoms with E-state index in [1.165, 1.54) is 5.56 Å². The lowest BCUT2D eigenvalue weighted by Crippen LogP contribution is -2.16. The molecule has 1 unspecified atom stereocenters. The summed E-state index contributed by atoms with van der Waals surface area (Å²) in [6, 6.07) is 7.69. The van der Waals surface area contributed by atoms with Crippen LogP contribution in [0.25, 0.3) is 0 Å². The van der Waals surface area contributed by atoms with Crippen LogP contribution in [0.5, 0.6) is 0 Å². The summed E-state index contributed by atoms with van der Waals surface area (Å²) in [5.74, 6) is 0. The average molecular weight is 304 g/mol. The van der Waals surface area contributed by atoms with E-state index in [0.29, 0.717) is 12.3 Å². The molecule has 19 heavy (non-hydrogen) atoms. The monoisotopic (exact) mass is 303 g/mol. The number of unbranched alkanes of at least 4 members (excludes halogenated alkanes) is 1. The van der Waals surface area contributed by atoms with E-state index in [1.807, 2.05) is 31.2 Å². The van der Waals surface area contributed by atoms with Crippen molar-refractivity contribution in [3.8, 4) is 0 Å². The molecule has 108 valence electrons. The topological polar surface area (TPSA) is 49.3 Å². The fourth-order valence-corrected chi connectivity index (χ4v) is 3.62. The third-order valence-corrected chi connectivity index (χ3v) is 5.25. The molecule has 0 heterocycles. The number of benzene rings is 1. The Bertz CT molecular complexity index is 408. The molecule has 0 fully saturated rings. The maximum absolute atomic E-state index is 11.8. The van der Waals surface area contributed by atoms with Gasteiger partial charge in [-0.05, 0) is 37.1 Å². The fourth-order valence-electron chi connectivity index (χ4n) is 1.80. The number of rotatable bonds is 9. The molecule has 1 rings (SSSR count). The summed E-state index contributed by atoms with van der Waals surface area (Å²) in [6.45, 7) is 3.56. The van der Waals surface area contributed by atoms with Crippen molar-refractivity contribution in [1.82, 2.24) is 5.32 Å². The second-order valence-corrected chi connectivity index (χ2v) is 7.83. The van der Waals surface area contributed by atoms with Crippen molar-refractivity contribution < 1.29 is 9.46 Å². The van der Waals surface area contributed by atoms with Crippen LogP contribution >= 0.6 is 19.0 Å².